The minimum atomic E-state index is -4.43. The largest absolute Gasteiger partial charge is 0.417 e. The summed E-state index contributed by atoms with van der Waals surface area (Å²) in [5, 5.41) is 0.556. The molecule has 4 nitrogen and oxygen atoms in total. The van der Waals surface area contributed by atoms with E-state index in [1.54, 1.807) is 6.92 Å². The van der Waals surface area contributed by atoms with Crippen molar-refractivity contribution in [1.29, 1.82) is 0 Å². The summed E-state index contributed by atoms with van der Waals surface area (Å²) in [6.07, 6.45) is -0.631. The molecule has 2 aromatic heterocycles. The van der Waals surface area contributed by atoms with E-state index < -0.39 is 11.7 Å². The summed E-state index contributed by atoms with van der Waals surface area (Å²) in [5.74, 6) is 0. The maximum atomic E-state index is 13.0. The highest BCUT2D eigenvalue weighted by Crippen LogP contribution is 2.38. The van der Waals surface area contributed by atoms with Crippen molar-refractivity contribution in [1.82, 2.24) is 9.97 Å². The molecule has 0 bridgehead atoms. The second kappa shape index (κ2) is 6.51. The molecule has 0 aromatic carbocycles. The van der Waals surface area contributed by atoms with Gasteiger partial charge in [-0.05, 0) is 25.8 Å². The number of carbonyl (C=O) groups is 1. The maximum Gasteiger partial charge on any atom is 0.417 e. The smallest absolute Gasteiger partial charge is 0.370 e. The minimum Gasteiger partial charge on any atom is -0.370 e. The van der Waals surface area contributed by atoms with Crippen LogP contribution >= 0.6 is 11.3 Å². The van der Waals surface area contributed by atoms with E-state index in [1.165, 1.54) is 11.3 Å². The van der Waals surface area contributed by atoms with Gasteiger partial charge in [0.1, 0.15) is 17.0 Å². The van der Waals surface area contributed by atoms with Crippen molar-refractivity contribution in [2.24, 2.45) is 0 Å². The topological polar surface area (TPSA) is 46.1 Å². The van der Waals surface area contributed by atoms with Crippen LogP contribution in [-0.4, -0.2) is 29.3 Å². The lowest BCUT2D eigenvalue weighted by molar-refractivity contribution is -0.137. The van der Waals surface area contributed by atoms with Gasteiger partial charge in [-0.25, -0.2) is 4.98 Å². The van der Waals surface area contributed by atoms with Crippen molar-refractivity contribution < 1.29 is 18.0 Å². The number of pyridine rings is 1. The van der Waals surface area contributed by atoms with E-state index in [4.69, 9.17) is 0 Å². The van der Waals surface area contributed by atoms with Crippen LogP contribution in [0.15, 0.2) is 12.3 Å². The molecule has 8 heteroatoms. The molecule has 24 heavy (non-hydrogen) atoms. The monoisotopic (exact) mass is 355 g/mol. The average Bonchev–Trinajstić information content (AvgIpc) is 3.17. The Morgan fingerprint density at radius 1 is 1.33 bits per heavy atom. The number of hydrogen-bond donors (Lipinski definition) is 0. The number of anilines is 1. The van der Waals surface area contributed by atoms with Gasteiger partial charge in [0.25, 0.3) is 0 Å². The molecule has 1 saturated heterocycles. The Balaban J connectivity index is 2.09. The molecule has 0 saturated carbocycles. The molecule has 0 N–H and O–H groups in total. The Morgan fingerprint density at radius 3 is 2.67 bits per heavy atom. The van der Waals surface area contributed by atoms with Gasteiger partial charge < -0.3 is 9.69 Å². The molecular formula is C16H16F3N3OS. The molecule has 0 amide bonds. The Kier molecular flexibility index (Phi) is 4.58. The molecule has 0 radical (unpaired) electrons. The highest BCUT2D eigenvalue weighted by atomic mass is 32.1. The summed E-state index contributed by atoms with van der Waals surface area (Å²) in [6.45, 7) is 3.21. The second-order valence-corrected chi connectivity index (χ2v) is 6.77. The number of aldehydes is 1. The van der Waals surface area contributed by atoms with Crippen LogP contribution in [0.25, 0.3) is 10.7 Å². The van der Waals surface area contributed by atoms with E-state index >= 15 is 0 Å². The Bertz CT molecular complexity index is 752. The molecule has 0 spiro atoms. The van der Waals surface area contributed by atoms with Crippen LogP contribution in [0.5, 0.6) is 0 Å². The normalized spacial score (nSPS) is 15.1. The standard InChI is InChI=1S/C16H16F3N3OS/c1-10-13(4-7-23)24-15(21-10)14-12(22-5-2-3-6-22)8-11(9-20-14)16(17,18)19/h7-9H,2-6H2,1H3. The molecule has 3 heterocycles. The summed E-state index contributed by atoms with van der Waals surface area (Å²) in [7, 11) is 0. The van der Waals surface area contributed by atoms with Gasteiger partial charge in [-0.3, -0.25) is 4.98 Å². The molecular weight excluding hydrogens is 339 g/mol. The summed E-state index contributed by atoms with van der Waals surface area (Å²) in [4.78, 5) is 22.0. The number of alkyl halides is 3. The van der Waals surface area contributed by atoms with E-state index in [1.807, 2.05) is 4.90 Å². The number of rotatable bonds is 4. The van der Waals surface area contributed by atoms with Gasteiger partial charge in [0.15, 0.2) is 0 Å². The first-order valence-corrected chi connectivity index (χ1v) is 8.44. The summed E-state index contributed by atoms with van der Waals surface area (Å²) >= 11 is 1.31. The van der Waals surface area contributed by atoms with Crippen LogP contribution in [0.4, 0.5) is 18.9 Å². The molecule has 128 valence electrons. The Morgan fingerprint density at radius 2 is 2.04 bits per heavy atom. The van der Waals surface area contributed by atoms with Gasteiger partial charge in [-0.2, -0.15) is 13.2 Å². The fourth-order valence-electron chi connectivity index (χ4n) is 2.77. The first kappa shape index (κ1) is 16.9. The first-order chi connectivity index (χ1) is 11.4. The van der Waals surface area contributed by atoms with Crippen LogP contribution in [0.3, 0.4) is 0 Å². The van der Waals surface area contributed by atoms with Crippen molar-refractivity contribution in [3.63, 3.8) is 0 Å². The van der Waals surface area contributed by atoms with Gasteiger partial charge in [0, 0.05) is 30.6 Å². The second-order valence-electron chi connectivity index (χ2n) is 5.68. The Labute approximate surface area is 141 Å². The Hall–Kier alpha value is -1.96. The van der Waals surface area contributed by atoms with Crippen LogP contribution in [0, 0.1) is 6.92 Å². The van der Waals surface area contributed by atoms with Gasteiger partial charge in [-0.1, -0.05) is 0 Å². The molecule has 1 aliphatic heterocycles. The zero-order valence-corrected chi connectivity index (χ0v) is 13.9. The highest BCUT2D eigenvalue weighted by molar-refractivity contribution is 7.15. The van der Waals surface area contributed by atoms with E-state index in [2.05, 4.69) is 9.97 Å². The van der Waals surface area contributed by atoms with Crippen LogP contribution in [0.2, 0.25) is 0 Å². The number of carbonyl (C=O) groups excluding carboxylic acids is 1. The number of nitrogens with zero attached hydrogens (tertiary/aromatic N) is 3. The number of aromatic nitrogens is 2. The van der Waals surface area contributed by atoms with E-state index in [0.717, 1.165) is 42.0 Å². The lowest BCUT2D eigenvalue weighted by Crippen LogP contribution is -2.20. The third kappa shape index (κ3) is 3.28. The minimum absolute atomic E-state index is 0.253. The number of aryl methyl sites for hydroxylation is 1. The predicted octanol–water partition coefficient (Wildman–Crippen LogP) is 3.87. The third-order valence-electron chi connectivity index (χ3n) is 4.01. The number of halogens is 3. The van der Waals surface area contributed by atoms with E-state index in [0.29, 0.717) is 29.5 Å². The quantitative estimate of drug-likeness (QED) is 0.781. The molecule has 0 atom stereocenters. The molecule has 0 unspecified atom stereocenters. The van der Waals surface area contributed by atoms with Crippen LogP contribution in [0.1, 0.15) is 29.0 Å². The van der Waals surface area contributed by atoms with Gasteiger partial charge in [-0.15, -0.1) is 11.3 Å². The summed E-state index contributed by atoms with van der Waals surface area (Å²) < 4.78 is 39.1. The average molecular weight is 355 g/mol. The van der Waals surface area contributed by atoms with Crippen molar-refractivity contribution in [2.45, 2.75) is 32.4 Å². The third-order valence-corrected chi connectivity index (χ3v) is 5.19. The predicted molar refractivity (Wildman–Crippen MR) is 86.3 cm³/mol. The van der Waals surface area contributed by atoms with E-state index in [9.17, 15) is 18.0 Å². The van der Waals surface area contributed by atoms with Gasteiger partial charge in [0.2, 0.25) is 0 Å². The van der Waals surface area contributed by atoms with Crippen LogP contribution < -0.4 is 4.90 Å². The SMILES string of the molecule is Cc1nc(-c2ncc(C(F)(F)F)cc2N2CCCC2)sc1CC=O. The van der Waals surface area contributed by atoms with E-state index in [-0.39, 0.29) is 6.42 Å². The summed E-state index contributed by atoms with van der Waals surface area (Å²) in [5.41, 5.74) is 0.884. The van der Waals surface area contributed by atoms with Crippen molar-refractivity contribution in [3.8, 4) is 10.7 Å². The first-order valence-electron chi connectivity index (χ1n) is 7.62. The molecule has 1 fully saturated rings. The molecule has 3 rings (SSSR count). The fraction of sp³-hybridized carbons (Fsp3) is 0.438. The number of thiazole rings is 1. The zero-order chi connectivity index (χ0) is 17.3. The summed E-state index contributed by atoms with van der Waals surface area (Å²) in [6, 6.07) is 1.16. The van der Waals surface area contributed by atoms with Crippen molar-refractivity contribution in [2.75, 3.05) is 18.0 Å². The fourth-order valence-corrected chi connectivity index (χ4v) is 3.78. The van der Waals surface area contributed by atoms with Gasteiger partial charge in [0.05, 0.1) is 16.9 Å². The lowest BCUT2D eigenvalue weighted by Gasteiger charge is -2.21. The molecule has 0 aliphatic carbocycles. The van der Waals surface area contributed by atoms with Crippen molar-refractivity contribution in [3.05, 3.63) is 28.4 Å². The highest BCUT2D eigenvalue weighted by Gasteiger charge is 2.33. The van der Waals surface area contributed by atoms with Crippen LogP contribution in [-0.2, 0) is 17.4 Å². The number of hydrogen-bond acceptors (Lipinski definition) is 5. The maximum absolute atomic E-state index is 13.0. The lowest BCUT2D eigenvalue weighted by atomic mass is 10.2. The molecule has 2 aromatic rings. The van der Waals surface area contributed by atoms with Crippen molar-refractivity contribution >= 4 is 23.3 Å². The zero-order valence-electron chi connectivity index (χ0n) is 13.1. The van der Waals surface area contributed by atoms with Gasteiger partial charge >= 0.3 is 6.18 Å². The molecule has 1 aliphatic rings.